The summed E-state index contributed by atoms with van der Waals surface area (Å²) in [6.45, 7) is 5.49. The molecule has 0 amide bonds. The molecular weight excluding hydrogens is 202 g/mol. The fourth-order valence-corrected chi connectivity index (χ4v) is 2.23. The Morgan fingerprint density at radius 2 is 1.88 bits per heavy atom. The van der Waals surface area contributed by atoms with E-state index in [4.69, 9.17) is 4.74 Å². The quantitative estimate of drug-likeness (QED) is 0.833. The van der Waals surface area contributed by atoms with Crippen LogP contribution in [0.25, 0.3) is 0 Å². The molecule has 0 radical (unpaired) electrons. The molecule has 0 bridgehead atoms. The maximum absolute atomic E-state index is 9.71. The average Bonchev–Trinajstić information content (AvgIpc) is 2.40. The van der Waals surface area contributed by atoms with E-state index in [0.29, 0.717) is 0 Å². The highest BCUT2D eigenvalue weighted by Gasteiger charge is 2.33. The molecule has 1 saturated heterocycles. The summed E-state index contributed by atoms with van der Waals surface area (Å²) in [4.78, 5) is 2.30. The highest BCUT2D eigenvalue weighted by atomic mass is 16.5. The molecule has 1 fully saturated rings. The fraction of sp³-hybridized carbons (Fsp3) is 0.538. The summed E-state index contributed by atoms with van der Waals surface area (Å²) < 4.78 is 5.35. The monoisotopic (exact) mass is 221 g/mol. The zero-order chi connectivity index (χ0) is 11.4. The molecule has 1 aliphatic heterocycles. The summed E-state index contributed by atoms with van der Waals surface area (Å²) in [5, 5.41) is 9.71. The van der Waals surface area contributed by atoms with Crippen LogP contribution in [0.4, 0.5) is 0 Å². The van der Waals surface area contributed by atoms with Crippen molar-refractivity contribution in [3.8, 4) is 0 Å². The lowest BCUT2D eigenvalue weighted by Gasteiger charge is -2.42. The molecule has 1 aromatic carbocycles. The minimum absolute atomic E-state index is 0.136. The van der Waals surface area contributed by atoms with Crippen LogP contribution in [-0.2, 0) is 10.3 Å². The van der Waals surface area contributed by atoms with Crippen molar-refractivity contribution in [2.24, 2.45) is 0 Å². The second-order valence-corrected chi connectivity index (χ2v) is 4.40. The van der Waals surface area contributed by atoms with Crippen LogP contribution in [0.5, 0.6) is 0 Å². The molecule has 1 unspecified atom stereocenters. The molecule has 16 heavy (non-hydrogen) atoms. The van der Waals surface area contributed by atoms with E-state index in [-0.39, 0.29) is 12.1 Å². The number of aliphatic hydroxyl groups excluding tert-OH is 1. The molecule has 1 atom stereocenters. The molecule has 1 heterocycles. The van der Waals surface area contributed by atoms with Crippen LogP contribution >= 0.6 is 0 Å². The molecular formula is C13H19NO2. The number of ether oxygens (including phenoxy) is 1. The molecule has 1 aliphatic rings. The lowest BCUT2D eigenvalue weighted by Crippen LogP contribution is -2.51. The number of nitrogens with zero attached hydrogens (tertiary/aromatic N) is 1. The van der Waals surface area contributed by atoms with E-state index in [0.717, 1.165) is 26.3 Å². The Balaban J connectivity index is 2.24. The molecule has 1 aromatic rings. The van der Waals surface area contributed by atoms with E-state index in [1.54, 1.807) is 0 Å². The van der Waals surface area contributed by atoms with E-state index in [2.05, 4.69) is 24.0 Å². The predicted molar refractivity (Wildman–Crippen MR) is 63.3 cm³/mol. The van der Waals surface area contributed by atoms with E-state index < -0.39 is 0 Å². The van der Waals surface area contributed by atoms with Gasteiger partial charge < -0.3 is 9.84 Å². The van der Waals surface area contributed by atoms with Gasteiger partial charge in [0.2, 0.25) is 0 Å². The Bertz CT molecular complexity index is 322. The van der Waals surface area contributed by atoms with Gasteiger partial charge in [-0.2, -0.15) is 0 Å². The first-order valence-electron chi connectivity index (χ1n) is 5.76. The molecule has 3 heteroatoms. The van der Waals surface area contributed by atoms with E-state index in [1.807, 2.05) is 18.2 Å². The normalized spacial score (nSPS) is 21.6. The lowest BCUT2D eigenvalue weighted by molar-refractivity contribution is -0.0392. The van der Waals surface area contributed by atoms with Gasteiger partial charge in [0.1, 0.15) is 0 Å². The third kappa shape index (κ3) is 2.12. The Labute approximate surface area is 96.6 Å². The van der Waals surface area contributed by atoms with Crippen molar-refractivity contribution in [2.75, 3.05) is 32.9 Å². The summed E-state index contributed by atoms with van der Waals surface area (Å²) in [5.41, 5.74) is 0.879. The predicted octanol–water partition coefficient (Wildman–Crippen LogP) is 1.23. The van der Waals surface area contributed by atoms with Gasteiger partial charge in [0.05, 0.1) is 25.4 Å². The fourth-order valence-electron chi connectivity index (χ4n) is 2.23. The number of aliphatic hydroxyl groups is 1. The number of rotatable bonds is 3. The minimum atomic E-state index is -0.287. The standard InChI is InChI=1S/C13H19NO2/c1-13(11-15,12-5-3-2-4-6-12)14-7-9-16-10-8-14/h2-6,15H,7-11H2,1H3. The first-order valence-corrected chi connectivity index (χ1v) is 5.76. The summed E-state index contributed by atoms with van der Waals surface area (Å²) in [6, 6.07) is 10.2. The minimum Gasteiger partial charge on any atom is -0.394 e. The molecule has 0 saturated carbocycles. The highest BCUT2D eigenvalue weighted by molar-refractivity contribution is 5.24. The van der Waals surface area contributed by atoms with Crippen LogP contribution in [-0.4, -0.2) is 42.9 Å². The second kappa shape index (κ2) is 4.95. The van der Waals surface area contributed by atoms with Gasteiger partial charge in [0, 0.05) is 13.1 Å². The van der Waals surface area contributed by atoms with E-state index >= 15 is 0 Å². The summed E-state index contributed by atoms with van der Waals surface area (Å²) in [5.74, 6) is 0. The third-order valence-corrected chi connectivity index (χ3v) is 3.41. The van der Waals surface area contributed by atoms with Crippen molar-refractivity contribution in [1.82, 2.24) is 4.90 Å². The molecule has 0 spiro atoms. The first kappa shape index (κ1) is 11.6. The van der Waals surface area contributed by atoms with Crippen molar-refractivity contribution >= 4 is 0 Å². The van der Waals surface area contributed by atoms with Crippen molar-refractivity contribution in [3.63, 3.8) is 0 Å². The number of hydrogen-bond acceptors (Lipinski definition) is 3. The molecule has 0 aliphatic carbocycles. The topological polar surface area (TPSA) is 32.7 Å². The molecule has 1 N–H and O–H groups in total. The van der Waals surface area contributed by atoms with Crippen LogP contribution in [0.15, 0.2) is 30.3 Å². The first-order chi connectivity index (χ1) is 7.77. The SMILES string of the molecule is CC(CO)(c1ccccc1)N1CCOCC1. The number of morpholine rings is 1. The smallest absolute Gasteiger partial charge is 0.0667 e. The molecule has 88 valence electrons. The van der Waals surface area contributed by atoms with Gasteiger partial charge in [0.25, 0.3) is 0 Å². The Hall–Kier alpha value is -0.900. The van der Waals surface area contributed by atoms with Gasteiger partial charge in [-0.05, 0) is 12.5 Å². The van der Waals surface area contributed by atoms with Crippen molar-refractivity contribution in [3.05, 3.63) is 35.9 Å². The third-order valence-electron chi connectivity index (χ3n) is 3.41. The second-order valence-electron chi connectivity index (χ2n) is 4.40. The number of benzene rings is 1. The maximum Gasteiger partial charge on any atom is 0.0667 e. The van der Waals surface area contributed by atoms with Crippen LogP contribution in [0.2, 0.25) is 0 Å². The van der Waals surface area contributed by atoms with Crippen molar-refractivity contribution in [2.45, 2.75) is 12.5 Å². The van der Waals surface area contributed by atoms with Crippen LogP contribution in [0.1, 0.15) is 12.5 Å². The Kier molecular flexibility index (Phi) is 3.59. The van der Waals surface area contributed by atoms with Gasteiger partial charge in [-0.25, -0.2) is 0 Å². The van der Waals surface area contributed by atoms with Crippen LogP contribution in [0.3, 0.4) is 0 Å². The summed E-state index contributed by atoms with van der Waals surface area (Å²) in [6.07, 6.45) is 0. The zero-order valence-electron chi connectivity index (χ0n) is 9.72. The van der Waals surface area contributed by atoms with E-state index in [9.17, 15) is 5.11 Å². The largest absolute Gasteiger partial charge is 0.394 e. The maximum atomic E-state index is 9.71. The summed E-state index contributed by atoms with van der Waals surface area (Å²) in [7, 11) is 0. The van der Waals surface area contributed by atoms with Gasteiger partial charge in [-0.15, -0.1) is 0 Å². The van der Waals surface area contributed by atoms with Gasteiger partial charge in [-0.1, -0.05) is 30.3 Å². The van der Waals surface area contributed by atoms with Crippen LogP contribution < -0.4 is 0 Å². The van der Waals surface area contributed by atoms with Crippen molar-refractivity contribution < 1.29 is 9.84 Å². The highest BCUT2D eigenvalue weighted by Crippen LogP contribution is 2.28. The molecule has 0 aromatic heterocycles. The van der Waals surface area contributed by atoms with E-state index in [1.165, 1.54) is 5.56 Å². The number of hydrogen-bond donors (Lipinski definition) is 1. The van der Waals surface area contributed by atoms with Crippen molar-refractivity contribution in [1.29, 1.82) is 0 Å². The summed E-state index contributed by atoms with van der Waals surface area (Å²) >= 11 is 0. The Morgan fingerprint density at radius 1 is 1.25 bits per heavy atom. The van der Waals surface area contributed by atoms with Gasteiger partial charge in [0.15, 0.2) is 0 Å². The van der Waals surface area contributed by atoms with Gasteiger partial charge in [-0.3, -0.25) is 4.90 Å². The lowest BCUT2D eigenvalue weighted by atomic mass is 9.90. The Morgan fingerprint density at radius 3 is 2.44 bits per heavy atom. The zero-order valence-corrected chi connectivity index (χ0v) is 9.72. The molecule has 2 rings (SSSR count). The average molecular weight is 221 g/mol. The van der Waals surface area contributed by atoms with Gasteiger partial charge >= 0.3 is 0 Å². The molecule has 3 nitrogen and oxygen atoms in total. The van der Waals surface area contributed by atoms with Crippen LogP contribution in [0, 0.1) is 0 Å².